The van der Waals surface area contributed by atoms with Crippen LogP contribution in [0.15, 0.2) is 46.2 Å². The van der Waals surface area contributed by atoms with Crippen molar-refractivity contribution in [2.45, 2.75) is 74.9 Å². The summed E-state index contributed by atoms with van der Waals surface area (Å²) in [4.78, 5) is 16.2. The highest BCUT2D eigenvalue weighted by molar-refractivity contribution is 7.99. The van der Waals surface area contributed by atoms with Crippen molar-refractivity contribution in [3.8, 4) is 11.5 Å². The number of nitrogens with one attached hydrogen (secondary N) is 1. The molecule has 8 heteroatoms. The van der Waals surface area contributed by atoms with Crippen molar-refractivity contribution >= 4 is 29.6 Å². The van der Waals surface area contributed by atoms with E-state index in [9.17, 15) is 4.79 Å². The van der Waals surface area contributed by atoms with Crippen LogP contribution in [0.1, 0.15) is 45.7 Å². The van der Waals surface area contributed by atoms with E-state index in [4.69, 9.17) is 14.2 Å². The van der Waals surface area contributed by atoms with Crippen LogP contribution < -0.4 is 14.8 Å². The number of carbonyl (C=O) groups is 1. The summed E-state index contributed by atoms with van der Waals surface area (Å²) in [6.45, 7) is 9.83. The molecule has 0 spiro atoms. The summed E-state index contributed by atoms with van der Waals surface area (Å²) in [5.74, 6) is 3.45. The fraction of sp³-hybridized carbons (Fsp3) is 0.519. The van der Waals surface area contributed by atoms with Gasteiger partial charge in [-0.1, -0.05) is 35.7 Å². The minimum Gasteiger partial charge on any atom is -0.481 e. The van der Waals surface area contributed by atoms with E-state index in [0.29, 0.717) is 12.0 Å². The second kappa shape index (κ2) is 12.3. The minimum absolute atomic E-state index is 0.0620. The molecule has 192 valence electrons. The van der Waals surface area contributed by atoms with Gasteiger partial charge in [0, 0.05) is 19.1 Å². The maximum Gasteiger partial charge on any atom is 0.410 e. The van der Waals surface area contributed by atoms with E-state index in [1.54, 1.807) is 35.5 Å². The van der Waals surface area contributed by atoms with Crippen molar-refractivity contribution < 1.29 is 19.0 Å². The molecule has 0 radical (unpaired) electrons. The maximum atomic E-state index is 12.1. The Kier molecular flexibility index (Phi) is 9.67. The van der Waals surface area contributed by atoms with Crippen molar-refractivity contribution in [2.24, 2.45) is 0 Å². The topological polar surface area (TPSA) is 60.0 Å². The zero-order valence-electron chi connectivity index (χ0n) is 21.8. The molecule has 2 aliphatic rings. The third kappa shape index (κ3) is 8.26. The van der Waals surface area contributed by atoms with E-state index in [1.807, 2.05) is 34.7 Å². The zero-order valence-corrected chi connectivity index (χ0v) is 23.5. The number of fused-ring (bicyclic) bond motifs is 2. The van der Waals surface area contributed by atoms with E-state index in [1.165, 1.54) is 20.9 Å². The molecule has 2 aliphatic heterocycles. The number of ether oxygens (including phenoxy) is 3. The van der Waals surface area contributed by atoms with Crippen molar-refractivity contribution in [3.05, 3.63) is 47.5 Å². The average molecular weight is 519 g/mol. The van der Waals surface area contributed by atoms with Crippen LogP contribution in [0.2, 0.25) is 0 Å². The third-order valence-corrected chi connectivity index (χ3v) is 7.55. The molecule has 2 unspecified atom stereocenters. The molecule has 2 heterocycles. The molecule has 0 fully saturated rings. The predicted octanol–water partition coefficient (Wildman–Crippen LogP) is 6.21. The first-order valence-electron chi connectivity index (χ1n) is 12.0. The SMILES string of the molecule is CC(Cc1ccc2c(c1)OCS2)N(C)C(=O)OC(C)(C)C.CNC(C)Cc1ccc2c(c1)OCS2. The Morgan fingerprint density at radius 2 is 1.51 bits per heavy atom. The Balaban J connectivity index is 0.000000211. The summed E-state index contributed by atoms with van der Waals surface area (Å²) in [5.41, 5.74) is 2.04. The summed E-state index contributed by atoms with van der Waals surface area (Å²) in [6, 6.07) is 13.3. The third-order valence-electron chi connectivity index (χ3n) is 5.78. The van der Waals surface area contributed by atoms with Gasteiger partial charge in [0.25, 0.3) is 0 Å². The summed E-state index contributed by atoms with van der Waals surface area (Å²) >= 11 is 3.47. The van der Waals surface area contributed by atoms with Gasteiger partial charge in [-0.15, -0.1) is 0 Å². The molecule has 2 aromatic carbocycles. The van der Waals surface area contributed by atoms with Gasteiger partial charge < -0.3 is 24.4 Å². The van der Waals surface area contributed by atoms with Gasteiger partial charge in [-0.25, -0.2) is 4.79 Å². The first-order valence-corrected chi connectivity index (χ1v) is 13.9. The van der Waals surface area contributed by atoms with E-state index >= 15 is 0 Å². The maximum absolute atomic E-state index is 12.1. The van der Waals surface area contributed by atoms with Crippen molar-refractivity contribution in [1.29, 1.82) is 0 Å². The highest BCUT2D eigenvalue weighted by atomic mass is 32.2. The Labute approximate surface area is 218 Å². The average Bonchev–Trinajstić information content (AvgIpc) is 3.46. The number of hydrogen-bond donors (Lipinski definition) is 1. The van der Waals surface area contributed by atoms with Crippen LogP contribution in [0.4, 0.5) is 4.79 Å². The fourth-order valence-electron chi connectivity index (χ4n) is 3.58. The second-order valence-corrected chi connectivity index (χ2v) is 11.8. The molecule has 0 saturated carbocycles. The van der Waals surface area contributed by atoms with E-state index in [0.717, 1.165) is 30.3 Å². The van der Waals surface area contributed by atoms with E-state index in [2.05, 4.69) is 48.6 Å². The van der Waals surface area contributed by atoms with Crippen LogP contribution in [0.5, 0.6) is 11.5 Å². The lowest BCUT2D eigenvalue weighted by Gasteiger charge is -2.28. The molecule has 1 N–H and O–H groups in total. The summed E-state index contributed by atoms with van der Waals surface area (Å²) in [7, 11) is 3.77. The van der Waals surface area contributed by atoms with Gasteiger partial charge in [-0.3, -0.25) is 0 Å². The zero-order chi connectivity index (χ0) is 25.6. The first-order chi connectivity index (χ1) is 16.6. The van der Waals surface area contributed by atoms with Crippen LogP contribution in [0, 0.1) is 0 Å². The van der Waals surface area contributed by atoms with Crippen LogP contribution in [-0.4, -0.2) is 54.7 Å². The van der Waals surface area contributed by atoms with Crippen LogP contribution in [0.3, 0.4) is 0 Å². The van der Waals surface area contributed by atoms with Crippen molar-refractivity contribution in [1.82, 2.24) is 10.2 Å². The highest BCUT2D eigenvalue weighted by Crippen LogP contribution is 2.37. The van der Waals surface area contributed by atoms with Gasteiger partial charge in [0.1, 0.15) is 29.0 Å². The fourth-order valence-corrected chi connectivity index (χ4v) is 5.06. The lowest BCUT2D eigenvalue weighted by Crippen LogP contribution is -2.40. The van der Waals surface area contributed by atoms with E-state index < -0.39 is 5.60 Å². The Bertz CT molecular complexity index is 1010. The Hall–Kier alpha value is -2.03. The number of thioether (sulfide) groups is 2. The highest BCUT2D eigenvalue weighted by Gasteiger charge is 2.23. The van der Waals surface area contributed by atoms with Gasteiger partial charge in [0.2, 0.25) is 0 Å². The second-order valence-electron chi connectivity index (χ2n) is 9.91. The molecule has 35 heavy (non-hydrogen) atoms. The number of benzene rings is 2. The quantitative estimate of drug-likeness (QED) is 0.488. The standard InChI is InChI=1S/C16H23NO3S.C11H15NOS/c1-11(17(5)15(18)20-16(2,3)4)8-12-6-7-14-13(9-12)19-10-21-14;1-8(12-2)5-9-3-4-11-10(6-9)13-7-14-11/h6-7,9,11H,8,10H2,1-5H3;3-4,6,8,12H,5,7H2,1-2H3. The molecule has 2 aromatic rings. The molecule has 2 atom stereocenters. The molecular weight excluding hydrogens is 480 g/mol. The van der Waals surface area contributed by atoms with Gasteiger partial charge in [0.05, 0.1) is 9.79 Å². The number of hydrogen-bond acceptors (Lipinski definition) is 7. The van der Waals surface area contributed by atoms with Gasteiger partial charge >= 0.3 is 6.09 Å². The lowest BCUT2D eigenvalue weighted by molar-refractivity contribution is 0.0236. The molecule has 4 rings (SSSR count). The monoisotopic (exact) mass is 518 g/mol. The minimum atomic E-state index is -0.469. The van der Waals surface area contributed by atoms with Crippen molar-refractivity contribution in [2.75, 3.05) is 26.0 Å². The number of amides is 1. The number of nitrogens with zero attached hydrogens (tertiary/aromatic N) is 1. The Morgan fingerprint density at radius 1 is 1.00 bits per heavy atom. The summed E-state index contributed by atoms with van der Waals surface area (Å²) < 4.78 is 16.4. The number of carbonyl (C=O) groups excluding carboxylic acids is 1. The van der Waals surface area contributed by atoms with Crippen LogP contribution in [-0.2, 0) is 17.6 Å². The molecule has 1 amide bonds. The van der Waals surface area contributed by atoms with Gasteiger partial charge in [0.15, 0.2) is 0 Å². The molecule has 6 nitrogen and oxygen atoms in total. The normalized spacial score (nSPS) is 15.5. The molecule has 0 aromatic heterocycles. The molecule has 0 aliphatic carbocycles. The van der Waals surface area contributed by atoms with Crippen LogP contribution in [0.25, 0.3) is 0 Å². The summed E-state index contributed by atoms with van der Waals surface area (Å²) in [6.07, 6.45) is 1.54. The number of likely N-dealkylation sites (N-methyl/N-ethyl adjacent to an activating group) is 2. The molecule has 0 saturated heterocycles. The summed E-state index contributed by atoms with van der Waals surface area (Å²) in [5, 5.41) is 3.24. The van der Waals surface area contributed by atoms with Gasteiger partial charge in [-0.2, -0.15) is 0 Å². The predicted molar refractivity (Wildman–Crippen MR) is 145 cm³/mol. The van der Waals surface area contributed by atoms with Crippen molar-refractivity contribution in [3.63, 3.8) is 0 Å². The smallest absolute Gasteiger partial charge is 0.410 e. The largest absolute Gasteiger partial charge is 0.481 e. The molecular formula is C27H38N2O4S2. The lowest BCUT2D eigenvalue weighted by atomic mass is 10.1. The number of rotatable bonds is 6. The van der Waals surface area contributed by atoms with Crippen LogP contribution >= 0.6 is 23.5 Å². The van der Waals surface area contributed by atoms with Gasteiger partial charge in [-0.05, 0) is 89.9 Å². The first kappa shape index (κ1) is 27.6. The molecule has 0 bridgehead atoms. The Morgan fingerprint density at radius 3 is 2.00 bits per heavy atom. The van der Waals surface area contributed by atoms with E-state index in [-0.39, 0.29) is 12.1 Å².